The average molecular weight is 369 g/mol. The molecule has 0 heterocycles. The number of carbonyl (C=O) groups is 2. The topological polar surface area (TPSA) is 100 Å². The highest BCUT2D eigenvalue weighted by Gasteiger charge is 2.12. The maximum absolute atomic E-state index is 12.1. The van der Waals surface area contributed by atoms with Crippen molar-refractivity contribution in [2.24, 2.45) is 5.10 Å². The monoisotopic (exact) mass is 369 g/mol. The molecule has 0 radical (unpaired) electrons. The fourth-order valence-corrected chi connectivity index (χ4v) is 2.33. The number of ether oxygens (including phenoxy) is 1. The van der Waals surface area contributed by atoms with Gasteiger partial charge in [0.1, 0.15) is 11.5 Å². The van der Waals surface area contributed by atoms with Gasteiger partial charge >= 0.3 is 0 Å². The SMILES string of the molecule is CCOc1ccc(NC(=O)CC(C)=NNC(=O)c2cccc(C)c2O)cc1. The standard InChI is InChI=1S/C20H23N3O4/c1-4-27-16-10-8-15(9-11-16)21-18(24)12-14(3)22-23-20(26)17-7-5-6-13(2)19(17)25/h5-11,25H,4,12H2,1-3H3,(H,21,24)(H,23,26). The molecule has 7 nitrogen and oxygen atoms in total. The van der Waals surface area contributed by atoms with E-state index in [1.54, 1.807) is 50.2 Å². The summed E-state index contributed by atoms with van der Waals surface area (Å²) < 4.78 is 5.35. The molecule has 2 aromatic rings. The zero-order valence-electron chi connectivity index (χ0n) is 15.6. The number of phenols is 1. The van der Waals surface area contributed by atoms with Crippen LogP contribution >= 0.6 is 0 Å². The van der Waals surface area contributed by atoms with E-state index in [2.05, 4.69) is 15.8 Å². The lowest BCUT2D eigenvalue weighted by atomic mass is 10.1. The Bertz CT molecular complexity index is 845. The van der Waals surface area contributed by atoms with Gasteiger partial charge in [-0.25, -0.2) is 5.43 Å². The molecule has 142 valence electrons. The smallest absolute Gasteiger partial charge is 0.275 e. The van der Waals surface area contributed by atoms with Crippen molar-refractivity contribution in [3.63, 3.8) is 0 Å². The lowest BCUT2D eigenvalue weighted by Gasteiger charge is -2.08. The van der Waals surface area contributed by atoms with E-state index in [0.29, 0.717) is 23.6 Å². The van der Waals surface area contributed by atoms with Crippen LogP contribution in [-0.2, 0) is 4.79 Å². The maximum atomic E-state index is 12.1. The summed E-state index contributed by atoms with van der Waals surface area (Å²) in [6, 6.07) is 11.9. The third-order valence-corrected chi connectivity index (χ3v) is 3.70. The quantitative estimate of drug-likeness (QED) is 0.515. The van der Waals surface area contributed by atoms with E-state index in [1.165, 1.54) is 6.07 Å². The molecule has 0 aliphatic carbocycles. The molecular formula is C20H23N3O4. The van der Waals surface area contributed by atoms with Crippen LogP contribution in [0.15, 0.2) is 47.6 Å². The molecule has 0 aliphatic heterocycles. The molecule has 2 aromatic carbocycles. The molecule has 0 bridgehead atoms. The van der Waals surface area contributed by atoms with E-state index in [-0.39, 0.29) is 23.6 Å². The van der Waals surface area contributed by atoms with E-state index in [9.17, 15) is 14.7 Å². The normalized spacial score (nSPS) is 11.0. The number of hydrazone groups is 1. The summed E-state index contributed by atoms with van der Waals surface area (Å²) in [5.74, 6) is -0.151. The lowest BCUT2D eigenvalue weighted by Crippen LogP contribution is -2.21. The van der Waals surface area contributed by atoms with Gasteiger partial charge in [-0.2, -0.15) is 5.10 Å². The number of hydrogen-bond donors (Lipinski definition) is 3. The van der Waals surface area contributed by atoms with Gasteiger partial charge in [-0.3, -0.25) is 9.59 Å². The number of rotatable bonds is 7. The van der Waals surface area contributed by atoms with Crippen molar-refractivity contribution in [1.82, 2.24) is 5.43 Å². The van der Waals surface area contributed by atoms with Crippen LogP contribution in [0.1, 0.15) is 36.2 Å². The van der Waals surface area contributed by atoms with E-state index >= 15 is 0 Å². The van der Waals surface area contributed by atoms with Crippen molar-refractivity contribution in [2.75, 3.05) is 11.9 Å². The number of hydrogen-bond acceptors (Lipinski definition) is 5. The Morgan fingerprint density at radius 1 is 1.15 bits per heavy atom. The molecule has 0 unspecified atom stereocenters. The van der Waals surface area contributed by atoms with Gasteiger partial charge in [-0.05, 0) is 56.7 Å². The Morgan fingerprint density at radius 3 is 2.52 bits per heavy atom. The number of aromatic hydroxyl groups is 1. The number of phenolic OH excluding ortho intramolecular Hbond substituents is 1. The molecule has 7 heteroatoms. The van der Waals surface area contributed by atoms with Gasteiger partial charge in [0.25, 0.3) is 5.91 Å². The fourth-order valence-electron chi connectivity index (χ4n) is 2.33. The molecule has 0 atom stereocenters. The second-order valence-electron chi connectivity index (χ2n) is 5.94. The van der Waals surface area contributed by atoms with Crippen molar-refractivity contribution >= 4 is 23.2 Å². The first-order valence-corrected chi connectivity index (χ1v) is 8.55. The van der Waals surface area contributed by atoms with Gasteiger partial charge < -0.3 is 15.2 Å². The molecule has 2 amide bonds. The molecule has 0 aliphatic rings. The van der Waals surface area contributed by atoms with E-state index < -0.39 is 5.91 Å². The first-order valence-electron chi connectivity index (χ1n) is 8.55. The minimum Gasteiger partial charge on any atom is -0.507 e. The van der Waals surface area contributed by atoms with Crippen LogP contribution in [0.3, 0.4) is 0 Å². The lowest BCUT2D eigenvalue weighted by molar-refractivity contribution is -0.115. The summed E-state index contributed by atoms with van der Waals surface area (Å²) in [6.45, 7) is 5.81. The van der Waals surface area contributed by atoms with E-state index in [4.69, 9.17) is 4.74 Å². The average Bonchev–Trinajstić information content (AvgIpc) is 2.64. The molecule has 2 rings (SSSR count). The van der Waals surface area contributed by atoms with Crippen molar-refractivity contribution in [3.05, 3.63) is 53.6 Å². The van der Waals surface area contributed by atoms with Crippen LogP contribution in [0.25, 0.3) is 0 Å². The minimum atomic E-state index is -0.539. The van der Waals surface area contributed by atoms with Crippen molar-refractivity contribution in [1.29, 1.82) is 0 Å². The van der Waals surface area contributed by atoms with Gasteiger partial charge in [-0.1, -0.05) is 12.1 Å². The van der Waals surface area contributed by atoms with Gasteiger partial charge in [-0.15, -0.1) is 0 Å². The number of nitrogens with one attached hydrogen (secondary N) is 2. The summed E-state index contributed by atoms with van der Waals surface area (Å²) in [7, 11) is 0. The highest BCUT2D eigenvalue weighted by Crippen LogP contribution is 2.21. The summed E-state index contributed by atoms with van der Waals surface area (Å²) in [6.07, 6.45) is 0.0211. The van der Waals surface area contributed by atoms with Crippen molar-refractivity contribution in [2.45, 2.75) is 27.2 Å². The fraction of sp³-hybridized carbons (Fsp3) is 0.250. The summed E-state index contributed by atoms with van der Waals surface area (Å²) >= 11 is 0. The minimum absolute atomic E-state index is 0.0211. The Hall–Kier alpha value is -3.35. The number of nitrogens with zero attached hydrogens (tertiary/aromatic N) is 1. The first kappa shape index (κ1) is 20.0. The van der Waals surface area contributed by atoms with Crippen molar-refractivity contribution < 1.29 is 19.4 Å². The largest absolute Gasteiger partial charge is 0.507 e. The maximum Gasteiger partial charge on any atom is 0.275 e. The Balaban J connectivity index is 1.89. The third-order valence-electron chi connectivity index (χ3n) is 3.70. The first-order chi connectivity index (χ1) is 12.9. The van der Waals surface area contributed by atoms with Crippen LogP contribution in [-0.4, -0.2) is 29.2 Å². The Kier molecular flexibility index (Phi) is 6.93. The Labute approximate surface area is 158 Å². The number of anilines is 1. The second-order valence-corrected chi connectivity index (χ2v) is 5.94. The highest BCUT2D eigenvalue weighted by molar-refractivity contribution is 6.06. The van der Waals surface area contributed by atoms with E-state index in [0.717, 1.165) is 5.75 Å². The molecule has 0 saturated carbocycles. The molecule has 0 aromatic heterocycles. The summed E-state index contributed by atoms with van der Waals surface area (Å²) in [5.41, 5.74) is 4.15. The van der Waals surface area contributed by atoms with Crippen LogP contribution in [0.2, 0.25) is 0 Å². The molecule has 0 saturated heterocycles. The molecule has 3 N–H and O–H groups in total. The second kappa shape index (κ2) is 9.38. The number of amides is 2. The predicted molar refractivity (Wildman–Crippen MR) is 104 cm³/mol. The number of carbonyl (C=O) groups excluding carboxylic acids is 2. The van der Waals surface area contributed by atoms with E-state index in [1.807, 2.05) is 6.92 Å². The van der Waals surface area contributed by atoms with Crippen molar-refractivity contribution in [3.8, 4) is 11.5 Å². The van der Waals surface area contributed by atoms with Gasteiger partial charge in [0, 0.05) is 11.4 Å². The van der Waals surface area contributed by atoms with Crippen LogP contribution in [0.5, 0.6) is 11.5 Å². The highest BCUT2D eigenvalue weighted by atomic mass is 16.5. The van der Waals surface area contributed by atoms with Crippen LogP contribution < -0.4 is 15.5 Å². The summed E-state index contributed by atoms with van der Waals surface area (Å²) in [5, 5.41) is 16.6. The zero-order chi connectivity index (χ0) is 19.8. The molecule has 0 spiro atoms. The van der Waals surface area contributed by atoms with Gasteiger partial charge in [0.2, 0.25) is 5.91 Å². The predicted octanol–water partition coefficient (Wildman–Crippen LogP) is 3.23. The van der Waals surface area contributed by atoms with Crippen LogP contribution in [0.4, 0.5) is 5.69 Å². The Morgan fingerprint density at radius 2 is 1.85 bits per heavy atom. The van der Waals surface area contributed by atoms with Crippen LogP contribution in [0, 0.1) is 6.92 Å². The number of benzene rings is 2. The third kappa shape index (κ3) is 5.85. The summed E-state index contributed by atoms with van der Waals surface area (Å²) in [4.78, 5) is 24.2. The number of para-hydroxylation sites is 1. The molecule has 27 heavy (non-hydrogen) atoms. The zero-order valence-corrected chi connectivity index (χ0v) is 15.6. The number of aryl methyl sites for hydroxylation is 1. The molecule has 0 fully saturated rings. The van der Waals surface area contributed by atoms with Gasteiger partial charge in [0.05, 0.1) is 18.6 Å². The van der Waals surface area contributed by atoms with Gasteiger partial charge in [0.15, 0.2) is 0 Å². The molecular weight excluding hydrogens is 346 g/mol.